The molecule has 18 heavy (non-hydrogen) atoms. The van der Waals surface area contributed by atoms with Crippen LogP contribution in [0.5, 0.6) is 0 Å². The average Bonchev–Trinajstić information content (AvgIpc) is 2.57. The first kappa shape index (κ1) is 13.1. The Labute approximate surface area is 110 Å². The van der Waals surface area contributed by atoms with E-state index in [1.54, 1.807) is 10.7 Å². The Kier molecular flexibility index (Phi) is 3.68. The first-order chi connectivity index (χ1) is 8.52. The first-order valence-electron chi connectivity index (χ1n) is 5.69. The lowest BCUT2D eigenvalue weighted by Crippen LogP contribution is -2.09. The van der Waals surface area contributed by atoms with Crippen LogP contribution in [0.3, 0.4) is 0 Å². The van der Waals surface area contributed by atoms with Crippen molar-refractivity contribution in [3.8, 4) is 0 Å². The van der Waals surface area contributed by atoms with Crippen LogP contribution in [0.2, 0.25) is 5.02 Å². The molecule has 5 heteroatoms. The van der Waals surface area contributed by atoms with Gasteiger partial charge in [-0.25, -0.2) is 4.39 Å². The minimum Gasteiger partial charge on any atom is -0.326 e. The number of hydrogen-bond donors (Lipinski definition) is 1. The van der Waals surface area contributed by atoms with Gasteiger partial charge in [-0.3, -0.25) is 4.68 Å². The molecule has 0 radical (unpaired) electrons. The van der Waals surface area contributed by atoms with E-state index in [0.29, 0.717) is 18.1 Å². The number of nitrogens with zero attached hydrogens (tertiary/aromatic N) is 2. The van der Waals surface area contributed by atoms with Gasteiger partial charge in [-0.1, -0.05) is 17.7 Å². The molecule has 3 nitrogen and oxygen atoms in total. The van der Waals surface area contributed by atoms with E-state index >= 15 is 0 Å². The minimum absolute atomic E-state index is 0.269. The molecular weight excluding hydrogens is 253 g/mol. The lowest BCUT2D eigenvalue weighted by Gasteiger charge is -2.09. The molecule has 0 saturated heterocycles. The largest absolute Gasteiger partial charge is 0.326 e. The quantitative estimate of drug-likeness (QED) is 0.929. The van der Waals surface area contributed by atoms with E-state index in [-0.39, 0.29) is 5.82 Å². The Morgan fingerprint density at radius 2 is 2.06 bits per heavy atom. The van der Waals surface area contributed by atoms with E-state index in [4.69, 9.17) is 17.3 Å². The van der Waals surface area contributed by atoms with Gasteiger partial charge in [-0.15, -0.1) is 0 Å². The lowest BCUT2D eigenvalue weighted by molar-refractivity contribution is 0.612. The molecule has 0 atom stereocenters. The van der Waals surface area contributed by atoms with Crippen LogP contribution in [0.1, 0.15) is 22.5 Å². The van der Waals surface area contributed by atoms with Crippen LogP contribution < -0.4 is 5.73 Å². The van der Waals surface area contributed by atoms with Gasteiger partial charge in [0.15, 0.2) is 0 Å². The Hall–Kier alpha value is -1.39. The van der Waals surface area contributed by atoms with Crippen molar-refractivity contribution in [1.82, 2.24) is 9.78 Å². The Balaban J connectivity index is 2.39. The molecule has 0 aliphatic heterocycles. The molecule has 2 N–H and O–H groups in total. The van der Waals surface area contributed by atoms with Crippen molar-refractivity contribution in [3.05, 3.63) is 51.6 Å². The highest BCUT2D eigenvalue weighted by atomic mass is 35.5. The van der Waals surface area contributed by atoms with E-state index in [9.17, 15) is 4.39 Å². The first-order valence-corrected chi connectivity index (χ1v) is 6.07. The van der Waals surface area contributed by atoms with Crippen molar-refractivity contribution in [1.29, 1.82) is 0 Å². The van der Waals surface area contributed by atoms with Crippen molar-refractivity contribution < 1.29 is 4.39 Å². The summed E-state index contributed by atoms with van der Waals surface area (Å²) in [4.78, 5) is 0. The van der Waals surface area contributed by atoms with E-state index in [0.717, 1.165) is 22.5 Å². The maximum absolute atomic E-state index is 13.3. The molecular formula is C13H15ClFN3. The fourth-order valence-corrected chi connectivity index (χ4v) is 2.07. The molecule has 2 rings (SSSR count). The van der Waals surface area contributed by atoms with Crippen LogP contribution in [0.15, 0.2) is 18.2 Å². The standard InChI is InChI=1S/C13H15ClFN3/c1-8-13(14)9(2)18(17-8)7-11-5-12(15)4-3-10(11)6-16/h3-5H,6-7,16H2,1-2H3. The summed E-state index contributed by atoms with van der Waals surface area (Å²) in [6.45, 7) is 4.59. The summed E-state index contributed by atoms with van der Waals surface area (Å²) in [6, 6.07) is 4.62. The molecule has 96 valence electrons. The number of nitrogens with two attached hydrogens (primary N) is 1. The van der Waals surface area contributed by atoms with Gasteiger partial charge in [0, 0.05) is 6.54 Å². The van der Waals surface area contributed by atoms with Crippen molar-refractivity contribution in [3.63, 3.8) is 0 Å². The van der Waals surface area contributed by atoms with Crippen LogP contribution in [0, 0.1) is 19.7 Å². The fraction of sp³-hybridized carbons (Fsp3) is 0.308. The summed E-state index contributed by atoms with van der Waals surface area (Å²) in [6.07, 6.45) is 0. The topological polar surface area (TPSA) is 43.8 Å². The molecule has 0 fully saturated rings. The summed E-state index contributed by atoms with van der Waals surface area (Å²) in [5, 5.41) is 4.98. The van der Waals surface area contributed by atoms with Crippen molar-refractivity contribution in [2.24, 2.45) is 5.73 Å². The molecule has 0 saturated carbocycles. The van der Waals surface area contributed by atoms with Crippen LogP contribution >= 0.6 is 11.6 Å². The Morgan fingerprint density at radius 1 is 1.33 bits per heavy atom. The van der Waals surface area contributed by atoms with Crippen molar-refractivity contribution in [2.45, 2.75) is 26.9 Å². The predicted molar refractivity (Wildman–Crippen MR) is 70.1 cm³/mol. The number of halogens is 2. The molecule has 0 unspecified atom stereocenters. The van der Waals surface area contributed by atoms with Gasteiger partial charge in [-0.05, 0) is 37.1 Å². The van der Waals surface area contributed by atoms with E-state index < -0.39 is 0 Å². The summed E-state index contributed by atoms with van der Waals surface area (Å²) in [5.74, 6) is -0.269. The predicted octanol–water partition coefficient (Wildman–Crippen LogP) is 2.80. The van der Waals surface area contributed by atoms with Crippen LogP contribution in [0.25, 0.3) is 0 Å². The third-order valence-corrected chi connectivity index (χ3v) is 3.55. The Bertz CT molecular complexity index is 578. The number of aryl methyl sites for hydroxylation is 1. The molecule has 0 spiro atoms. The molecule has 0 amide bonds. The molecule has 0 aliphatic carbocycles. The number of aromatic nitrogens is 2. The van der Waals surface area contributed by atoms with Gasteiger partial charge in [0.05, 0.1) is 23.0 Å². The van der Waals surface area contributed by atoms with Gasteiger partial charge in [-0.2, -0.15) is 5.10 Å². The second kappa shape index (κ2) is 5.08. The zero-order valence-corrected chi connectivity index (χ0v) is 11.1. The Morgan fingerprint density at radius 3 is 2.61 bits per heavy atom. The lowest BCUT2D eigenvalue weighted by atomic mass is 10.1. The molecule has 1 aromatic carbocycles. The van der Waals surface area contributed by atoms with Crippen molar-refractivity contribution >= 4 is 11.6 Å². The van der Waals surface area contributed by atoms with Crippen molar-refractivity contribution in [2.75, 3.05) is 0 Å². The summed E-state index contributed by atoms with van der Waals surface area (Å²) >= 11 is 6.09. The monoisotopic (exact) mass is 267 g/mol. The zero-order chi connectivity index (χ0) is 13.3. The van der Waals surface area contributed by atoms with E-state index in [2.05, 4.69) is 5.10 Å². The fourth-order valence-electron chi connectivity index (χ4n) is 1.93. The smallest absolute Gasteiger partial charge is 0.123 e. The second-order valence-electron chi connectivity index (χ2n) is 4.26. The highest BCUT2D eigenvalue weighted by molar-refractivity contribution is 6.31. The van der Waals surface area contributed by atoms with Gasteiger partial charge in [0.25, 0.3) is 0 Å². The zero-order valence-electron chi connectivity index (χ0n) is 10.4. The number of rotatable bonds is 3. The molecule has 0 bridgehead atoms. The van der Waals surface area contributed by atoms with Gasteiger partial charge in [0.2, 0.25) is 0 Å². The van der Waals surface area contributed by atoms with Crippen LogP contribution in [0.4, 0.5) is 4.39 Å². The summed E-state index contributed by atoms with van der Waals surface area (Å²) < 4.78 is 15.0. The minimum atomic E-state index is -0.269. The molecule has 2 aromatic rings. The third kappa shape index (κ3) is 2.40. The van der Waals surface area contributed by atoms with Gasteiger partial charge >= 0.3 is 0 Å². The highest BCUT2D eigenvalue weighted by Gasteiger charge is 2.11. The second-order valence-corrected chi connectivity index (χ2v) is 4.64. The van der Waals surface area contributed by atoms with Crippen LogP contribution in [-0.4, -0.2) is 9.78 Å². The highest BCUT2D eigenvalue weighted by Crippen LogP contribution is 2.21. The molecule has 0 aliphatic rings. The normalized spacial score (nSPS) is 10.9. The third-order valence-electron chi connectivity index (χ3n) is 3.00. The van der Waals surface area contributed by atoms with Gasteiger partial charge in [0.1, 0.15) is 5.82 Å². The summed E-state index contributed by atoms with van der Waals surface area (Å²) in [7, 11) is 0. The van der Waals surface area contributed by atoms with E-state index in [1.165, 1.54) is 12.1 Å². The van der Waals surface area contributed by atoms with Crippen LogP contribution in [-0.2, 0) is 13.1 Å². The number of benzene rings is 1. The number of hydrogen-bond acceptors (Lipinski definition) is 2. The SMILES string of the molecule is Cc1nn(Cc2cc(F)ccc2CN)c(C)c1Cl. The maximum atomic E-state index is 13.3. The van der Waals surface area contributed by atoms with Gasteiger partial charge < -0.3 is 5.73 Å². The molecule has 1 heterocycles. The maximum Gasteiger partial charge on any atom is 0.123 e. The molecule has 1 aromatic heterocycles. The summed E-state index contributed by atoms with van der Waals surface area (Å²) in [5.41, 5.74) is 9.05. The van der Waals surface area contributed by atoms with E-state index in [1.807, 2.05) is 13.8 Å². The average molecular weight is 268 g/mol.